The first-order valence-corrected chi connectivity index (χ1v) is 13.2. The molecule has 0 spiro atoms. The topological polar surface area (TPSA) is 69.7 Å². The van der Waals surface area contributed by atoms with E-state index in [1.807, 2.05) is 24.3 Å². The number of nitrogens with zero attached hydrogens (tertiary/aromatic N) is 2. The fourth-order valence-corrected chi connectivity index (χ4v) is 5.76. The van der Waals surface area contributed by atoms with Gasteiger partial charge in [0.1, 0.15) is 12.4 Å². The number of amides is 1. The third-order valence-electron chi connectivity index (χ3n) is 6.19. The van der Waals surface area contributed by atoms with Gasteiger partial charge in [0.15, 0.2) is 0 Å². The van der Waals surface area contributed by atoms with E-state index in [-0.39, 0.29) is 17.1 Å². The van der Waals surface area contributed by atoms with Crippen molar-refractivity contribution in [2.75, 3.05) is 28.8 Å². The van der Waals surface area contributed by atoms with Gasteiger partial charge in [-0.15, -0.1) is 0 Å². The molecule has 8 heteroatoms. The van der Waals surface area contributed by atoms with Crippen molar-refractivity contribution in [1.29, 1.82) is 0 Å². The number of halogens is 1. The second kappa shape index (κ2) is 10.9. The first kappa shape index (κ1) is 24.7. The van der Waals surface area contributed by atoms with Gasteiger partial charge >= 0.3 is 0 Å². The Labute approximate surface area is 206 Å². The first-order valence-electron chi connectivity index (χ1n) is 11.8. The predicted octanol–water partition coefficient (Wildman–Crippen LogP) is 4.57. The summed E-state index contributed by atoms with van der Waals surface area (Å²) in [6.07, 6.45) is 2.44. The maximum absolute atomic E-state index is 14.6. The van der Waals surface area contributed by atoms with Gasteiger partial charge in [0.25, 0.3) is 10.0 Å². The summed E-state index contributed by atoms with van der Waals surface area (Å²) in [5, 5.41) is 2.77. The van der Waals surface area contributed by atoms with Crippen LogP contribution in [0.5, 0.6) is 0 Å². The van der Waals surface area contributed by atoms with E-state index in [1.165, 1.54) is 49.2 Å². The number of piperidine rings is 1. The Balaban J connectivity index is 1.45. The van der Waals surface area contributed by atoms with Crippen molar-refractivity contribution in [3.8, 4) is 0 Å². The molecular weight excluding hydrogens is 465 g/mol. The number of carbonyl (C=O) groups is 1. The molecule has 1 aliphatic rings. The molecule has 6 nitrogen and oxygen atoms in total. The molecule has 35 heavy (non-hydrogen) atoms. The molecule has 1 saturated heterocycles. The fourth-order valence-electron chi connectivity index (χ4n) is 4.31. The lowest BCUT2D eigenvalue weighted by Crippen LogP contribution is -2.41. The van der Waals surface area contributed by atoms with E-state index in [4.69, 9.17) is 0 Å². The Kier molecular flexibility index (Phi) is 7.70. The average Bonchev–Trinajstić information content (AvgIpc) is 2.87. The number of hydrogen-bond acceptors (Lipinski definition) is 4. The van der Waals surface area contributed by atoms with Crippen LogP contribution in [0.15, 0.2) is 83.8 Å². The van der Waals surface area contributed by atoms with Gasteiger partial charge in [0.05, 0.1) is 10.6 Å². The fraction of sp³-hybridized carbons (Fsp3) is 0.296. The van der Waals surface area contributed by atoms with Crippen molar-refractivity contribution in [2.24, 2.45) is 5.92 Å². The minimum atomic E-state index is -4.15. The highest BCUT2D eigenvalue weighted by atomic mass is 32.2. The SMILES string of the molecule is CC1CCCN(c2ccc(CNC(=O)CN(c3ccccc3F)S(=O)(=O)c3ccccc3)cc2)C1. The van der Waals surface area contributed by atoms with Crippen LogP contribution in [0.3, 0.4) is 0 Å². The molecule has 184 valence electrons. The molecular formula is C27H30FN3O3S. The van der Waals surface area contributed by atoms with Crippen LogP contribution in [0, 0.1) is 11.7 Å². The smallest absolute Gasteiger partial charge is 0.264 e. The summed E-state index contributed by atoms with van der Waals surface area (Å²) in [5.74, 6) is -0.573. The molecule has 1 unspecified atom stereocenters. The summed E-state index contributed by atoms with van der Waals surface area (Å²) in [4.78, 5) is 15.1. The van der Waals surface area contributed by atoms with Gasteiger partial charge in [-0.3, -0.25) is 9.10 Å². The lowest BCUT2D eigenvalue weighted by Gasteiger charge is -2.32. The molecule has 1 amide bonds. The summed E-state index contributed by atoms with van der Waals surface area (Å²) in [5.41, 5.74) is 1.88. The Morgan fingerprint density at radius 2 is 1.71 bits per heavy atom. The van der Waals surface area contributed by atoms with Gasteiger partial charge in [-0.25, -0.2) is 12.8 Å². The van der Waals surface area contributed by atoms with E-state index < -0.39 is 28.3 Å². The third-order valence-corrected chi connectivity index (χ3v) is 7.96. The molecule has 0 saturated carbocycles. The number of hydrogen-bond donors (Lipinski definition) is 1. The predicted molar refractivity (Wildman–Crippen MR) is 136 cm³/mol. The van der Waals surface area contributed by atoms with E-state index in [1.54, 1.807) is 18.2 Å². The molecule has 0 radical (unpaired) electrons. The monoisotopic (exact) mass is 495 g/mol. The lowest BCUT2D eigenvalue weighted by molar-refractivity contribution is -0.119. The van der Waals surface area contributed by atoms with Gasteiger partial charge in [-0.05, 0) is 60.7 Å². The lowest BCUT2D eigenvalue weighted by atomic mass is 9.99. The zero-order chi connectivity index (χ0) is 24.8. The highest BCUT2D eigenvalue weighted by Gasteiger charge is 2.29. The van der Waals surface area contributed by atoms with Crippen molar-refractivity contribution < 1.29 is 17.6 Å². The Bertz CT molecular complexity index is 1250. The number of carbonyl (C=O) groups excluding carboxylic acids is 1. The van der Waals surface area contributed by atoms with Crippen LogP contribution in [0.25, 0.3) is 0 Å². The maximum atomic E-state index is 14.6. The van der Waals surface area contributed by atoms with E-state index in [2.05, 4.69) is 17.1 Å². The molecule has 3 aromatic rings. The zero-order valence-electron chi connectivity index (χ0n) is 19.7. The third kappa shape index (κ3) is 6.00. The molecule has 1 heterocycles. The molecule has 1 aliphatic heterocycles. The Hall–Kier alpha value is -3.39. The quantitative estimate of drug-likeness (QED) is 0.497. The molecule has 1 fully saturated rings. The summed E-state index contributed by atoms with van der Waals surface area (Å²) >= 11 is 0. The molecule has 0 aromatic heterocycles. The Morgan fingerprint density at radius 3 is 2.40 bits per heavy atom. The zero-order valence-corrected chi connectivity index (χ0v) is 20.5. The van der Waals surface area contributed by atoms with Crippen molar-refractivity contribution in [1.82, 2.24) is 5.32 Å². The van der Waals surface area contributed by atoms with E-state index in [0.717, 1.165) is 28.6 Å². The minimum absolute atomic E-state index is 0.0151. The standard InChI is InChI=1S/C27H30FN3O3S/c1-21-8-7-17-30(19-21)23-15-13-22(14-16-23)18-29-27(32)20-31(26-12-6-5-11-25(26)28)35(33,34)24-9-3-2-4-10-24/h2-6,9-16,21H,7-8,17-20H2,1H3,(H,29,32). The minimum Gasteiger partial charge on any atom is -0.371 e. The normalized spacial score (nSPS) is 16.1. The number of para-hydroxylation sites is 1. The molecule has 0 aliphatic carbocycles. The highest BCUT2D eigenvalue weighted by Crippen LogP contribution is 2.26. The van der Waals surface area contributed by atoms with Gasteiger partial charge in [0.2, 0.25) is 5.91 Å². The largest absolute Gasteiger partial charge is 0.371 e. The van der Waals surface area contributed by atoms with Gasteiger partial charge in [-0.1, -0.05) is 49.4 Å². The van der Waals surface area contributed by atoms with Crippen molar-refractivity contribution in [2.45, 2.75) is 31.2 Å². The average molecular weight is 496 g/mol. The molecule has 1 N–H and O–H groups in total. The summed E-state index contributed by atoms with van der Waals surface area (Å²) in [6, 6.07) is 21.3. The maximum Gasteiger partial charge on any atom is 0.264 e. The van der Waals surface area contributed by atoms with E-state index >= 15 is 0 Å². The number of nitrogens with one attached hydrogen (secondary N) is 1. The number of benzene rings is 3. The molecule has 1 atom stereocenters. The van der Waals surface area contributed by atoms with E-state index in [0.29, 0.717) is 5.92 Å². The van der Waals surface area contributed by atoms with Gasteiger partial charge in [-0.2, -0.15) is 0 Å². The number of rotatable bonds is 8. The summed E-state index contributed by atoms with van der Waals surface area (Å²) in [7, 11) is -4.15. The van der Waals surface area contributed by atoms with Crippen LogP contribution in [0.1, 0.15) is 25.3 Å². The van der Waals surface area contributed by atoms with Crippen LogP contribution in [0.2, 0.25) is 0 Å². The molecule has 4 rings (SSSR count). The van der Waals surface area contributed by atoms with Crippen molar-refractivity contribution in [3.05, 3.63) is 90.2 Å². The van der Waals surface area contributed by atoms with Crippen LogP contribution in [-0.4, -0.2) is 34.0 Å². The van der Waals surface area contributed by atoms with E-state index in [9.17, 15) is 17.6 Å². The van der Waals surface area contributed by atoms with Crippen molar-refractivity contribution >= 4 is 27.3 Å². The summed E-state index contributed by atoms with van der Waals surface area (Å²) in [6.45, 7) is 4.05. The number of sulfonamides is 1. The van der Waals surface area contributed by atoms with Gasteiger partial charge in [0, 0.05) is 25.3 Å². The van der Waals surface area contributed by atoms with Crippen LogP contribution in [0.4, 0.5) is 15.8 Å². The molecule has 0 bridgehead atoms. The second-order valence-electron chi connectivity index (χ2n) is 8.91. The van der Waals surface area contributed by atoms with Crippen LogP contribution in [-0.2, 0) is 21.4 Å². The number of anilines is 2. The van der Waals surface area contributed by atoms with Crippen LogP contribution >= 0.6 is 0 Å². The Morgan fingerprint density at radius 1 is 1.03 bits per heavy atom. The van der Waals surface area contributed by atoms with Gasteiger partial charge < -0.3 is 10.2 Å². The molecule has 3 aromatic carbocycles. The first-order chi connectivity index (χ1) is 16.8. The second-order valence-corrected chi connectivity index (χ2v) is 10.8. The van der Waals surface area contributed by atoms with Crippen LogP contribution < -0.4 is 14.5 Å². The van der Waals surface area contributed by atoms with Crippen molar-refractivity contribution in [3.63, 3.8) is 0 Å². The highest BCUT2D eigenvalue weighted by molar-refractivity contribution is 7.92. The summed E-state index contributed by atoms with van der Waals surface area (Å²) < 4.78 is 41.9.